The Morgan fingerprint density at radius 2 is 2.42 bits per heavy atom. The molecule has 1 amide bonds. The van der Waals surface area contributed by atoms with E-state index in [1.807, 2.05) is 17.9 Å². The summed E-state index contributed by atoms with van der Waals surface area (Å²) in [4.78, 5) is 13.4. The summed E-state index contributed by atoms with van der Waals surface area (Å²) >= 11 is 0. The number of hydrogen-bond acceptors (Lipinski definition) is 1. The van der Waals surface area contributed by atoms with E-state index in [-0.39, 0.29) is 5.91 Å². The molecule has 68 valence electrons. The quantitative estimate of drug-likeness (QED) is 0.576. The summed E-state index contributed by atoms with van der Waals surface area (Å²) in [5.74, 6) is 0.182. The topological polar surface area (TPSA) is 20.3 Å². The molecule has 0 aromatic heterocycles. The van der Waals surface area contributed by atoms with Crippen LogP contribution in [0.3, 0.4) is 0 Å². The van der Waals surface area contributed by atoms with Gasteiger partial charge in [-0.15, -0.1) is 0 Å². The maximum Gasteiger partial charge on any atom is 0.246 e. The Hall–Kier alpha value is -0.790. The molecular formula is C10H17NO. The van der Waals surface area contributed by atoms with Crippen LogP contribution in [0.1, 0.15) is 33.1 Å². The van der Waals surface area contributed by atoms with Crippen molar-refractivity contribution < 1.29 is 4.79 Å². The fourth-order valence-electron chi connectivity index (χ4n) is 1.79. The predicted octanol–water partition coefficient (Wildman–Crippen LogP) is 1.96. The zero-order valence-corrected chi connectivity index (χ0v) is 7.92. The number of amides is 1. The lowest BCUT2D eigenvalue weighted by Gasteiger charge is -2.21. The molecule has 2 heteroatoms. The summed E-state index contributed by atoms with van der Waals surface area (Å²) in [6, 6.07) is 0.494. The van der Waals surface area contributed by atoms with Gasteiger partial charge in [0.05, 0.1) is 0 Å². The van der Waals surface area contributed by atoms with Gasteiger partial charge < -0.3 is 4.90 Å². The van der Waals surface area contributed by atoms with E-state index in [0.29, 0.717) is 6.04 Å². The van der Waals surface area contributed by atoms with Gasteiger partial charge in [0, 0.05) is 12.6 Å². The minimum atomic E-state index is 0.182. The summed E-state index contributed by atoms with van der Waals surface area (Å²) < 4.78 is 0. The lowest BCUT2D eigenvalue weighted by Crippen LogP contribution is -2.33. The number of hydrogen-bond donors (Lipinski definition) is 0. The average molecular weight is 167 g/mol. The van der Waals surface area contributed by atoms with Gasteiger partial charge >= 0.3 is 0 Å². The summed E-state index contributed by atoms with van der Waals surface area (Å²) in [6.07, 6.45) is 6.91. The lowest BCUT2D eigenvalue weighted by atomic mass is 10.2. The zero-order chi connectivity index (χ0) is 8.97. The van der Waals surface area contributed by atoms with Gasteiger partial charge in [-0.25, -0.2) is 0 Å². The summed E-state index contributed by atoms with van der Waals surface area (Å²) in [5.41, 5.74) is 0. The van der Waals surface area contributed by atoms with Gasteiger partial charge in [-0.05, 0) is 32.3 Å². The van der Waals surface area contributed by atoms with Crippen molar-refractivity contribution in [2.75, 3.05) is 6.54 Å². The number of nitrogens with zero attached hydrogens (tertiary/aromatic N) is 1. The van der Waals surface area contributed by atoms with E-state index < -0.39 is 0 Å². The second-order valence-electron chi connectivity index (χ2n) is 3.24. The third-order valence-electron chi connectivity index (χ3n) is 2.44. The van der Waals surface area contributed by atoms with Gasteiger partial charge in [-0.1, -0.05) is 13.0 Å². The van der Waals surface area contributed by atoms with Crippen LogP contribution in [0.2, 0.25) is 0 Å². The van der Waals surface area contributed by atoms with Crippen LogP contribution < -0.4 is 0 Å². The van der Waals surface area contributed by atoms with E-state index in [1.54, 1.807) is 6.08 Å². The highest BCUT2D eigenvalue weighted by Gasteiger charge is 2.25. The van der Waals surface area contributed by atoms with Crippen molar-refractivity contribution in [3.63, 3.8) is 0 Å². The smallest absolute Gasteiger partial charge is 0.246 e. The van der Waals surface area contributed by atoms with Crippen LogP contribution in [0.4, 0.5) is 0 Å². The molecule has 1 aliphatic rings. The molecule has 2 nitrogen and oxygen atoms in total. The summed E-state index contributed by atoms with van der Waals surface area (Å²) in [6.45, 7) is 4.97. The highest BCUT2D eigenvalue weighted by molar-refractivity contribution is 5.87. The molecule has 0 aromatic carbocycles. The molecule has 1 atom stereocenters. The van der Waals surface area contributed by atoms with Crippen molar-refractivity contribution in [2.24, 2.45) is 0 Å². The largest absolute Gasteiger partial charge is 0.336 e. The van der Waals surface area contributed by atoms with Crippen molar-refractivity contribution in [2.45, 2.75) is 39.2 Å². The number of carbonyl (C=O) groups excluding carboxylic acids is 1. The van der Waals surface area contributed by atoms with Crippen molar-refractivity contribution in [1.29, 1.82) is 0 Å². The standard InChI is InChI=1S/C10H17NO/c1-3-6-10(12)11-8-5-7-9(11)4-2/h3,6,9H,4-5,7-8H2,1-2H3. The maximum atomic E-state index is 11.5. The van der Waals surface area contributed by atoms with Gasteiger partial charge in [0.1, 0.15) is 0 Å². The molecule has 1 unspecified atom stereocenters. The number of allylic oxidation sites excluding steroid dienone is 1. The number of likely N-dealkylation sites (tertiary alicyclic amines) is 1. The van der Waals surface area contributed by atoms with Crippen molar-refractivity contribution >= 4 is 5.91 Å². The second-order valence-corrected chi connectivity index (χ2v) is 3.24. The molecule has 1 aliphatic heterocycles. The lowest BCUT2D eigenvalue weighted by molar-refractivity contribution is -0.126. The molecule has 0 aromatic rings. The molecule has 0 radical (unpaired) electrons. The Labute approximate surface area is 74.2 Å². The van der Waals surface area contributed by atoms with Gasteiger partial charge in [0.2, 0.25) is 5.91 Å². The minimum Gasteiger partial charge on any atom is -0.336 e. The van der Waals surface area contributed by atoms with Gasteiger partial charge in [-0.3, -0.25) is 4.79 Å². The van der Waals surface area contributed by atoms with Crippen LogP contribution in [-0.4, -0.2) is 23.4 Å². The Morgan fingerprint density at radius 1 is 1.67 bits per heavy atom. The first-order valence-electron chi connectivity index (χ1n) is 4.73. The van der Waals surface area contributed by atoms with Crippen molar-refractivity contribution in [3.8, 4) is 0 Å². The average Bonchev–Trinajstić information content (AvgIpc) is 2.51. The van der Waals surface area contributed by atoms with Crippen LogP contribution in [-0.2, 0) is 4.79 Å². The molecule has 0 N–H and O–H groups in total. The third-order valence-corrected chi connectivity index (χ3v) is 2.44. The third kappa shape index (κ3) is 1.87. The highest BCUT2D eigenvalue weighted by atomic mass is 16.2. The van der Waals surface area contributed by atoms with E-state index in [9.17, 15) is 4.79 Å². The van der Waals surface area contributed by atoms with E-state index in [2.05, 4.69) is 6.92 Å². The van der Waals surface area contributed by atoms with Gasteiger partial charge in [-0.2, -0.15) is 0 Å². The SMILES string of the molecule is CC=CC(=O)N1CCCC1CC. The molecule has 1 fully saturated rings. The van der Waals surface area contributed by atoms with Gasteiger partial charge in [0.15, 0.2) is 0 Å². The normalized spacial score (nSPS) is 23.8. The van der Waals surface area contributed by atoms with Crippen LogP contribution in [0.15, 0.2) is 12.2 Å². The molecule has 1 heterocycles. The van der Waals surface area contributed by atoms with Crippen molar-refractivity contribution in [1.82, 2.24) is 4.90 Å². The first kappa shape index (κ1) is 9.30. The molecule has 0 aliphatic carbocycles. The molecule has 0 bridgehead atoms. The number of rotatable bonds is 2. The van der Waals surface area contributed by atoms with E-state index in [1.165, 1.54) is 12.8 Å². The Kier molecular flexibility index (Phi) is 3.32. The molecule has 12 heavy (non-hydrogen) atoms. The van der Waals surface area contributed by atoms with Crippen LogP contribution >= 0.6 is 0 Å². The zero-order valence-electron chi connectivity index (χ0n) is 7.92. The fraction of sp³-hybridized carbons (Fsp3) is 0.700. The van der Waals surface area contributed by atoms with Crippen LogP contribution in [0.5, 0.6) is 0 Å². The summed E-state index contributed by atoms with van der Waals surface area (Å²) in [7, 11) is 0. The van der Waals surface area contributed by atoms with Crippen LogP contribution in [0.25, 0.3) is 0 Å². The summed E-state index contributed by atoms with van der Waals surface area (Å²) in [5, 5.41) is 0. The first-order valence-corrected chi connectivity index (χ1v) is 4.73. The first-order chi connectivity index (χ1) is 5.79. The van der Waals surface area contributed by atoms with Crippen molar-refractivity contribution in [3.05, 3.63) is 12.2 Å². The second kappa shape index (κ2) is 4.29. The Bertz CT molecular complexity index is 186. The minimum absolute atomic E-state index is 0.182. The van der Waals surface area contributed by atoms with Crippen LogP contribution in [0, 0.1) is 0 Å². The number of carbonyl (C=O) groups is 1. The molecule has 1 saturated heterocycles. The van der Waals surface area contributed by atoms with E-state index >= 15 is 0 Å². The Morgan fingerprint density at radius 3 is 3.00 bits per heavy atom. The monoisotopic (exact) mass is 167 g/mol. The van der Waals surface area contributed by atoms with E-state index in [0.717, 1.165) is 13.0 Å². The highest BCUT2D eigenvalue weighted by Crippen LogP contribution is 2.19. The van der Waals surface area contributed by atoms with Gasteiger partial charge in [0.25, 0.3) is 0 Å². The molecule has 1 rings (SSSR count). The fourth-order valence-corrected chi connectivity index (χ4v) is 1.79. The van der Waals surface area contributed by atoms with E-state index in [4.69, 9.17) is 0 Å². The Balaban J connectivity index is 2.55. The molecular weight excluding hydrogens is 150 g/mol. The molecule has 0 saturated carbocycles. The predicted molar refractivity (Wildman–Crippen MR) is 49.8 cm³/mol. The maximum absolute atomic E-state index is 11.5. The molecule has 0 spiro atoms.